The lowest BCUT2D eigenvalue weighted by atomic mass is 9.76. The van der Waals surface area contributed by atoms with Gasteiger partial charge in [0.1, 0.15) is 5.82 Å². The summed E-state index contributed by atoms with van der Waals surface area (Å²) in [6.07, 6.45) is 19.8. The molecule has 2 aliphatic rings. The number of benzene rings is 1. The van der Waals surface area contributed by atoms with Gasteiger partial charge < -0.3 is 0 Å². The summed E-state index contributed by atoms with van der Waals surface area (Å²) >= 11 is 0. The van der Waals surface area contributed by atoms with E-state index in [4.69, 9.17) is 5.26 Å². The van der Waals surface area contributed by atoms with Crippen LogP contribution in [0.2, 0.25) is 0 Å². The largest absolute Gasteiger partial charge is 0.207 e. The van der Waals surface area contributed by atoms with Gasteiger partial charge >= 0.3 is 0 Å². The van der Waals surface area contributed by atoms with E-state index in [1.807, 2.05) is 12.1 Å². The van der Waals surface area contributed by atoms with E-state index in [2.05, 4.69) is 12.1 Å². The van der Waals surface area contributed by atoms with Crippen LogP contribution >= 0.6 is 0 Å². The van der Waals surface area contributed by atoms with Crippen molar-refractivity contribution in [2.45, 2.75) is 83.0 Å². The number of rotatable bonds is 7. The summed E-state index contributed by atoms with van der Waals surface area (Å²) in [5.41, 5.74) is 1.33. The van der Waals surface area contributed by atoms with Crippen LogP contribution in [0.25, 0.3) is 0 Å². The Bertz CT molecular complexity index is 611. The molecule has 0 atom stereocenters. The molecule has 0 heterocycles. The number of nitrogens with zero attached hydrogens (tertiary/aromatic N) is 1. The van der Waals surface area contributed by atoms with E-state index in [-0.39, 0.29) is 5.82 Å². The van der Waals surface area contributed by atoms with Crippen LogP contribution in [0.4, 0.5) is 4.39 Å². The van der Waals surface area contributed by atoms with Crippen molar-refractivity contribution in [3.63, 3.8) is 0 Å². The second-order valence-electron chi connectivity index (χ2n) is 8.82. The normalized spacial score (nSPS) is 28.9. The zero-order valence-electron chi connectivity index (χ0n) is 16.6. The Kier molecular flexibility index (Phi) is 7.93. The first kappa shape index (κ1) is 20.1. The highest BCUT2D eigenvalue weighted by Gasteiger charge is 2.23. The molecule has 1 aromatic carbocycles. The predicted octanol–water partition coefficient (Wildman–Crippen LogP) is 7.55. The van der Waals surface area contributed by atoms with E-state index in [1.165, 1.54) is 82.6 Å². The van der Waals surface area contributed by atoms with Gasteiger partial charge in [-0.2, -0.15) is 5.26 Å². The van der Waals surface area contributed by atoms with E-state index >= 15 is 0 Å². The molecule has 0 aliphatic heterocycles. The standard InChI is InChI=1S/C25H34FN/c26-25-17-15-24(16-18-25)23-13-11-21(12-14-23)5-2-1-4-20-7-9-22(10-8-20)6-3-19-27/h3,6,15-18,20-23H,1-2,4-5,7-14H2. The van der Waals surface area contributed by atoms with Crippen LogP contribution in [0.1, 0.15) is 88.5 Å². The minimum Gasteiger partial charge on any atom is -0.207 e. The maximum Gasteiger partial charge on any atom is 0.123 e. The van der Waals surface area contributed by atoms with Gasteiger partial charge in [-0.1, -0.05) is 43.9 Å². The molecule has 0 radical (unpaired) electrons. The Labute approximate surface area is 164 Å². The summed E-state index contributed by atoms with van der Waals surface area (Å²) in [7, 11) is 0. The summed E-state index contributed by atoms with van der Waals surface area (Å²) in [6, 6.07) is 9.28. The van der Waals surface area contributed by atoms with Crippen LogP contribution < -0.4 is 0 Å². The van der Waals surface area contributed by atoms with Gasteiger partial charge in [-0.25, -0.2) is 4.39 Å². The van der Waals surface area contributed by atoms with Crippen LogP contribution in [0.3, 0.4) is 0 Å². The number of unbranched alkanes of at least 4 members (excludes halogenated alkanes) is 1. The van der Waals surface area contributed by atoms with Crippen LogP contribution in [-0.2, 0) is 0 Å². The molecule has 2 heteroatoms. The molecule has 0 saturated heterocycles. The molecule has 0 aromatic heterocycles. The van der Waals surface area contributed by atoms with Crippen LogP contribution in [-0.4, -0.2) is 0 Å². The number of hydrogen-bond donors (Lipinski definition) is 0. The monoisotopic (exact) mass is 367 g/mol. The number of nitriles is 1. The molecule has 2 aliphatic carbocycles. The van der Waals surface area contributed by atoms with E-state index < -0.39 is 0 Å². The molecule has 3 rings (SSSR count). The summed E-state index contributed by atoms with van der Waals surface area (Å²) in [5.74, 6) is 3.00. The van der Waals surface area contributed by atoms with Gasteiger partial charge in [0.2, 0.25) is 0 Å². The van der Waals surface area contributed by atoms with Gasteiger partial charge in [0.05, 0.1) is 6.07 Å². The zero-order chi connectivity index (χ0) is 18.9. The molecule has 0 unspecified atom stereocenters. The molecule has 0 bridgehead atoms. The van der Waals surface area contributed by atoms with E-state index in [9.17, 15) is 4.39 Å². The van der Waals surface area contributed by atoms with Crippen molar-refractivity contribution in [3.8, 4) is 6.07 Å². The fourth-order valence-corrected chi connectivity index (χ4v) is 5.23. The summed E-state index contributed by atoms with van der Waals surface area (Å²) in [4.78, 5) is 0. The lowest BCUT2D eigenvalue weighted by Gasteiger charge is -2.29. The minimum atomic E-state index is -0.125. The van der Waals surface area contributed by atoms with Crippen LogP contribution in [0, 0.1) is 34.9 Å². The Morgan fingerprint density at radius 3 is 1.96 bits per heavy atom. The highest BCUT2D eigenvalue weighted by atomic mass is 19.1. The summed E-state index contributed by atoms with van der Waals surface area (Å²) < 4.78 is 13.1. The topological polar surface area (TPSA) is 23.8 Å². The Morgan fingerprint density at radius 2 is 1.41 bits per heavy atom. The SMILES string of the molecule is N#CC=CC1CCC(CCCCC2CCC(c3ccc(F)cc3)CC2)CC1. The fraction of sp³-hybridized carbons (Fsp3) is 0.640. The average Bonchev–Trinajstić information content (AvgIpc) is 2.72. The van der Waals surface area contributed by atoms with E-state index in [1.54, 1.807) is 18.2 Å². The van der Waals surface area contributed by atoms with Crippen molar-refractivity contribution in [1.29, 1.82) is 5.26 Å². The van der Waals surface area contributed by atoms with Crippen molar-refractivity contribution in [1.82, 2.24) is 0 Å². The van der Waals surface area contributed by atoms with Crippen LogP contribution in [0.5, 0.6) is 0 Å². The highest BCUT2D eigenvalue weighted by molar-refractivity contribution is 5.20. The molecule has 0 spiro atoms. The summed E-state index contributed by atoms with van der Waals surface area (Å²) in [5, 5.41) is 8.63. The molecule has 2 saturated carbocycles. The molecule has 1 nitrogen and oxygen atoms in total. The first-order chi connectivity index (χ1) is 13.2. The van der Waals surface area contributed by atoms with Crippen LogP contribution in [0.15, 0.2) is 36.4 Å². The first-order valence-corrected chi connectivity index (χ1v) is 11.1. The van der Waals surface area contributed by atoms with Gasteiger partial charge in [0.25, 0.3) is 0 Å². The van der Waals surface area contributed by atoms with Crippen molar-refractivity contribution in [2.24, 2.45) is 17.8 Å². The van der Waals surface area contributed by atoms with Crippen molar-refractivity contribution in [2.75, 3.05) is 0 Å². The first-order valence-electron chi connectivity index (χ1n) is 11.1. The second kappa shape index (κ2) is 10.6. The van der Waals surface area contributed by atoms with Gasteiger partial charge in [0.15, 0.2) is 0 Å². The molecule has 2 fully saturated rings. The van der Waals surface area contributed by atoms with Gasteiger partial charge in [-0.15, -0.1) is 0 Å². The van der Waals surface area contributed by atoms with Gasteiger partial charge in [0, 0.05) is 6.08 Å². The van der Waals surface area contributed by atoms with Crippen molar-refractivity contribution >= 4 is 0 Å². The molecule has 0 amide bonds. The maximum absolute atomic E-state index is 13.1. The maximum atomic E-state index is 13.1. The second-order valence-corrected chi connectivity index (χ2v) is 8.82. The molecule has 1 aromatic rings. The number of allylic oxidation sites excluding steroid dienone is 2. The van der Waals surface area contributed by atoms with Gasteiger partial charge in [-0.3, -0.25) is 0 Å². The Balaban J connectivity index is 1.26. The van der Waals surface area contributed by atoms with E-state index in [0.717, 1.165) is 11.8 Å². The number of halogens is 1. The molecule has 146 valence electrons. The smallest absolute Gasteiger partial charge is 0.123 e. The predicted molar refractivity (Wildman–Crippen MR) is 110 cm³/mol. The molecular weight excluding hydrogens is 333 g/mol. The average molecular weight is 368 g/mol. The quantitative estimate of drug-likeness (QED) is 0.360. The third-order valence-corrected chi connectivity index (χ3v) is 7.00. The Morgan fingerprint density at radius 1 is 0.852 bits per heavy atom. The minimum absolute atomic E-state index is 0.125. The summed E-state index contributed by atoms with van der Waals surface area (Å²) in [6.45, 7) is 0. The lowest BCUT2D eigenvalue weighted by molar-refractivity contribution is 0.273. The lowest BCUT2D eigenvalue weighted by Crippen LogP contribution is -2.14. The van der Waals surface area contributed by atoms with Gasteiger partial charge in [-0.05, 0) is 92.7 Å². The van der Waals surface area contributed by atoms with Crippen molar-refractivity contribution < 1.29 is 4.39 Å². The molecule has 0 N–H and O–H groups in total. The fourth-order valence-electron chi connectivity index (χ4n) is 5.23. The zero-order valence-corrected chi connectivity index (χ0v) is 16.6. The Hall–Kier alpha value is -1.62. The number of hydrogen-bond acceptors (Lipinski definition) is 1. The molecule has 27 heavy (non-hydrogen) atoms. The van der Waals surface area contributed by atoms with E-state index in [0.29, 0.717) is 11.8 Å². The highest BCUT2D eigenvalue weighted by Crippen LogP contribution is 2.38. The van der Waals surface area contributed by atoms with Crippen molar-refractivity contribution in [3.05, 3.63) is 47.8 Å². The molecular formula is C25H34FN. The third-order valence-electron chi connectivity index (χ3n) is 7.00. The third kappa shape index (κ3) is 6.49.